The first-order valence-electron chi connectivity index (χ1n) is 6.94. The van der Waals surface area contributed by atoms with Crippen LogP contribution in [-0.2, 0) is 6.42 Å². The van der Waals surface area contributed by atoms with E-state index in [0.717, 1.165) is 6.42 Å². The fourth-order valence-electron chi connectivity index (χ4n) is 2.22. The second-order valence-corrected chi connectivity index (χ2v) is 6.40. The summed E-state index contributed by atoms with van der Waals surface area (Å²) in [7, 11) is 1.92. The third-order valence-electron chi connectivity index (χ3n) is 3.17. The van der Waals surface area contributed by atoms with E-state index in [4.69, 9.17) is 4.52 Å². The lowest BCUT2D eigenvalue weighted by molar-refractivity contribution is 0.345. The topological polar surface area (TPSA) is 51.0 Å². The molecule has 114 valence electrons. The van der Waals surface area contributed by atoms with Gasteiger partial charge in [-0.1, -0.05) is 34.9 Å². The Labute approximate surface area is 132 Å². The number of nitrogens with one attached hydrogen (secondary N) is 1. The highest BCUT2D eigenvalue weighted by atomic mass is 79.9. The summed E-state index contributed by atoms with van der Waals surface area (Å²) in [5, 5.41) is 7.19. The van der Waals surface area contributed by atoms with Crippen LogP contribution in [0.15, 0.2) is 27.2 Å². The minimum atomic E-state index is -0.335. The number of hydrogen-bond donors (Lipinski definition) is 1. The molecule has 1 unspecified atom stereocenters. The zero-order chi connectivity index (χ0) is 15.4. The van der Waals surface area contributed by atoms with Crippen molar-refractivity contribution in [3.63, 3.8) is 0 Å². The van der Waals surface area contributed by atoms with Gasteiger partial charge in [0, 0.05) is 22.5 Å². The smallest absolute Gasteiger partial charge is 0.228 e. The van der Waals surface area contributed by atoms with Gasteiger partial charge in [0.2, 0.25) is 11.7 Å². The second kappa shape index (κ2) is 7.13. The van der Waals surface area contributed by atoms with Gasteiger partial charge in [-0.25, -0.2) is 4.39 Å². The van der Waals surface area contributed by atoms with Crippen LogP contribution in [0, 0.1) is 11.7 Å². The first-order valence-corrected chi connectivity index (χ1v) is 7.73. The Morgan fingerprint density at radius 1 is 1.33 bits per heavy atom. The van der Waals surface area contributed by atoms with Gasteiger partial charge in [-0.05, 0) is 37.6 Å². The van der Waals surface area contributed by atoms with Crippen LogP contribution in [0.25, 0.3) is 11.4 Å². The van der Waals surface area contributed by atoms with E-state index >= 15 is 0 Å². The average molecular weight is 356 g/mol. The Morgan fingerprint density at radius 2 is 2.10 bits per heavy atom. The molecule has 0 aliphatic rings. The molecule has 1 aromatic heterocycles. The molecular weight excluding hydrogens is 337 g/mol. The number of hydrogen-bond acceptors (Lipinski definition) is 4. The summed E-state index contributed by atoms with van der Waals surface area (Å²) < 4.78 is 19.3. The quantitative estimate of drug-likeness (QED) is 0.855. The van der Waals surface area contributed by atoms with Crippen molar-refractivity contribution in [3.05, 3.63) is 34.4 Å². The van der Waals surface area contributed by atoms with E-state index in [-0.39, 0.29) is 11.9 Å². The lowest BCUT2D eigenvalue weighted by Gasteiger charge is -2.15. The van der Waals surface area contributed by atoms with Gasteiger partial charge in [-0.2, -0.15) is 4.98 Å². The monoisotopic (exact) mass is 355 g/mol. The molecular formula is C15H19BrFN3O. The molecule has 0 amide bonds. The summed E-state index contributed by atoms with van der Waals surface area (Å²) >= 11 is 3.26. The minimum absolute atomic E-state index is 0.289. The zero-order valence-electron chi connectivity index (χ0n) is 12.4. The SMILES string of the molecule is CNC(Cc1nc(-c2cc(F)cc(Br)c2)no1)CC(C)C. The van der Waals surface area contributed by atoms with Crippen LogP contribution in [0.1, 0.15) is 26.2 Å². The molecule has 1 atom stereocenters. The molecule has 1 aromatic carbocycles. The molecule has 0 bridgehead atoms. The lowest BCUT2D eigenvalue weighted by atomic mass is 10.0. The van der Waals surface area contributed by atoms with E-state index in [1.165, 1.54) is 12.1 Å². The Balaban J connectivity index is 2.13. The highest BCUT2D eigenvalue weighted by Gasteiger charge is 2.15. The van der Waals surface area contributed by atoms with Crippen LogP contribution < -0.4 is 5.32 Å². The van der Waals surface area contributed by atoms with E-state index in [1.807, 2.05) is 7.05 Å². The first kappa shape index (κ1) is 16.1. The van der Waals surface area contributed by atoms with Crippen LogP contribution in [0.4, 0.5) is 4.39 Å². The number of likely N-dealkylation sites (N-methyl/N-ethyl adjacent to an activating group) is 1. The number of nitrogens with zero attached hydrogens (tertiary/aromatic N) is 2. The Kier molecular flexibility index (Phi) is 5.47. The van der Waals surface area contributed by atoms with Crippen molar-refractivity contribution in [2.24, 2.45) is 5.92 Å². The molecule has 1 N–H and O–H groups in total. The maximum Gasteiger partial charge on any atom is 0.228 e. The van der Waals surface area contributed by atoms with Gasteiger partial charge in [0.1, 0.15) is 5.82 Å². The van der Waals surface area contributed by atoms with E-state index < -0.39 is 0 Å². The molecule has 0 saturated heterocycles. The van der Waals surface area contributed by atoms with Crippen molar-refractivity contribution in [2.45, 2.75) is 32.7 Å². The van der Waals surface area contributed by atoms with E-state index in [1.54, 1.807) is 6.07 Å². The van der Waals surface area contributed by atoms with Gasteiger partial charge in [0.15, 0.2) is 0 Å². The molecule has 0 spiro atoms. The molecule has 0 aliphatic carbocycles. The van der Waals surface area contributed by atoms with Crippen molar-refractivity contribution in [1.29, 1.82) is 0 Å². The van der Waals surface area contributed by atoms with E-state index in [2.05, 4.69) is 45.2 Å². The molecule has 2 rings (SSSR count). The third kappa shape index (κ3) is 4.61. The fourth-order valence-corrected chi connectivity index (χ4v) is 2.69. The van der Waals surface area contributed by atoms with Gasteiger partial charge in [0.25, 0.3) is 0 Å². The standard InChI is InChI=1S/C15H19BrFN3O/c1-9(2)4-13(18-3)8-14-19-15(20-21-14)10-5-11(16)7-12(17)6-10/h5-7,9,13,18H,4,8H2,1-3H3. The summed E-state index contributed by atoms with van der Waals surface area (Å²) in [6, 6.07) is 4.84. The normalized spacial score (nSPS) is 12.9. The van der Waals surface area contributed by atoms with Crippen molar-refractivity contribution in [2.75, 3.05) is 7.05 Å². The molecule has 1 heterocycles. The van der Waals surface area contributed by atoms with Crippen LogP contribution in [0.2, 0.25) is 0 Å². The molecule has 0 saturated carbocycles. The van der Waals surface area contributed by atoms with Crippen molar-refractivity contribution >= 4 is 15.9 Å². The van der Waals surface area contributed by atoms with Crippen molar-refractivity contribution in [1.82, 2.24) is 15.5 Å². The zero-order valence-corrected chi connectivity index (χ0v) is 13.9. The Bertz CT molecular complexity index is 580. The summed E-state index contributed by atoms with van der Waals surface area (Å²) in [5.41, 5.74) is 0.599. The number of rotatable bonds is 6. The molecule has 0 aliphatic heterocycles. The largest absolute Gasteiger partial charge is 0.339 e. The highest BCUT2D eigenvalue weighted by Crippen LogP contribution is 2.23. The number of halogens is 2. The lowest BCUT2D eigenvalue weighted by Crippen LogP contribution is -2.29. The van der Waals surface area contributed by atoms with Crippen LogP contribution in [0.5, 0.6) is 0 Å². The summed E-state index contributed by atoms with van der Waals surface area (Å²) in [6.07, 6.45) is 1.69. The number of aromatic nitrogens is 2. The second-order valence-electron chi connectivity index (χ2n) is 5.49. The maximum atomic E-state index is 13.4. The van der Waals surface area contributed by atoms with Crippen LogP contribution in [-0.4, -0.2) is 23.2 Å². The molecule has 21 heavy (non-hydrogen) atoms. The van der Waals surface area contributed by atoms with Gasteiger partial charge in [0.05, 0.1) is 0 Å². The summed E-state index contributed by atoms with van der Waals surface area (Å²) in [5.74, 6) is 1.22. The van der Waals surface area contributed by atoms with Gasteiger partial charge in [-0.3, -0.25) is 0 Å². The van der Waals surface area contributed by atoms with Crippen molar-refractivity contribution in [3.8, 4) is 11.4 Å². The van der Waals surface area contributed by atoms with Crippen molar-refractivity contribution < 1.29 is 8.91 Å². The van der Waals surface area contributed by atoms with Gasteiger partial charge < -0.3 is 9.84 Å². The molecule has 0 fully saturated rings. The first-order chi connectivity index (χ1) is 9.97. The van der Waals surface area contributed by atoms with Crippen LogP contribution >= 0.6 is 15.9 Å². The Morgan fingerprint density at radius 3 is 2.71 bits per heavy atom. The predicted octanol–water partition coefficient (Wildman–Crippen LogP) is 3.81. The summed E-state index contributed by atoms with van der Waals surface area (Å²) in [6.45, 7) is 4.35. The maximum absolute atomic E-state index is 13.4. The predicted molar refractivity (Wildman–Crippen MR) is 83.4 cm³/mol. The van der Waals surface area contributed by atoms with Gasteiger partial charge in [-0.15, -0.1) is 0 Å². The van der Waals surface area contributed by atoms with Crippen LogP contribution in [0.3, 0.4) is 0 Å². The average Bonchev–Trinajstić information content (AvgIpc) is 2.84. The minimum Gasteiger partial charge on any atom is -0.339 e. The molecule has 0 radical (unpaired) electrons. The highest BCUT2D eigenvalue weighted by molar-refractivity contribution is 9.10. The molecule has 2 aromatic rings. The van der Waals surface area contributed by atoms with E-state index in [0.29, 0.717) is 34.1 Å². The van der Waals surface area contributed by atoms with E-state index in [9.17, 15) is 4.39 Å². The number of benzene rings is 1. The van der Waals surface area contributed by atoms with Gasteiger partial charge >= 0.3 is 0 Å². The third-order valence-corrected chi connectivity index (χ3v) is 3.63. The fraction of sp³-hybridized carbons (Fsp3) is 0.467. The Hall–Kier alpha value is -1.27. The molecule has 4 nitrogen and oxygen atoms in total. The summed E-state index contributed by atoms with van der Waals surface area (Å²) in [4.78, 5) is 4.35. The molecule has 6 heteroatoms.